The first-order valence-electron chi connectivity index (χ1n) is 8.46. The summed E-state index contributed by atoms with van der Waals surface area (Å²) in [6.45, 7) is 10.1. The maximum atomic E-state index is 11.5. The van der Waals surface area contributed by atoms with Gasteiger partial charge in [-0.1, -0.05) is 6.58 Å². The van der Waals surface area contributed by atoms with Crippen LogP contribution >= 0.6 is 0 Å². The van der Waals surface area contributed by atoms with Crippen molar-refractivity contribution in [2.24, 2.45) is 0 Å². The lowest BCUT2D eigenvalue weighted by Crippen LogP contribution is -2.63. The average Bonchev–Trinajstić information content (AvgIpc) is 2.54. The van der Waals surface area contributed by atoms with E-state index in [0.717, 1.165) is 6.08 Å². The molecule has 0 radical (unpaired) electrons. The van der Waals surface area contributed by atoms with Crippen LogP contribution in [0.2, 0.25) is 0 Å². The Kier molecular flexibility index (Phi) is 8.61. The van der Waals surface area contributed by atoms with E-state index < -0.39 is 54.6 Å². The van der Waals surface area contributed by atoms with E-state index >= 15 is 0 Å². The third kappa shape index (κ3) is 6.58. The quantitative estimate of drug-likeness (QED) is 0.323. The molecule has 1 saturated heterocycles. The van der Waals surface area contributed by atoms with Gasteiger partial charge >= 0.3 is 0 Å². The topological polar surface area (TPSA) is 127 Å². The van der Waals surface area contributed by atoms with Crippen molar-refractivity contribution in [3.8, 4) is 0 Å². The smallest absolute Gasteiger partial charge is 0.243 e. The van der Waals surface area contributed by atoms with Gasteiger partial charge in [-0.2, -0.15) is 0 Å². The zero-order valence-electron chi connectivity index (χ0n) is 15.9. The van der Waals surface area contributed by atoms with Crippen LogP contribution in [0.3, 0.4) is 0 Å². The Morgan fingerprint density at radius 3 is 2.42 bits per heavy atom. The second-order valence-corrected chi connectivity index (χ2v) is 7.15. The van der Waals surface area contributed by atoms with Gasteiger partial charge in [-0.25, -0.2) is 0 Å². The SMILES string of the molecule is C=CC(=O)NCC1OC(OC(C)(C)C)C(O)C(O)C1OC(OC)C(C)O. The molecule has 1 rings (SSSR count). The fourth-order valence-electron chi connectivity index (χ4n) is 2.48. The molecular formula is C17H31NO8. The molecule has 26 heavy (non-hydrogen) atoms. The lowest BCUT2D eigenvalue weighted by molar-refractivity contribution is -0.340. The van der Waals surface area contributed by atoms with Crippen molar-refractivity contribution in [1.29, 1.82) is 0 Å². The zero-order chi connectivity index (χ0) is 20.1. The molecule has 0 aromatic heterocycles. The number of aliphatic hydroxyl groups excluding tert-OH is 3. The minimum absolute atomic E-state index is 0.0282. The maximum absolute atomic E-state index is 11.5. The second kappa shape index (κ2) is 9.75. The Bertz CT molecular complexity index is 464. The monoisotopic (exact) mass is 377 g/mol. The van der Waals surface area contributed by atoms with Gasteiger partial charge in [0.25, 0.3) is 0 Å². The number of rotatable bonds is 8. The largest absolute Gasteiger partial charge is 0.388 e. The normalized spacial score (nSPS) is 31.9. The third-order valence-electron chi connectivity index (χ3n) is 3.69. The maximum Gasteiger partial charge on any atom is 0.243 e. The number of hydrogen-bond donors (Lipinski definition) is 4. The third-order valence-corrected chi connectivity index (χ3v) is 3.69. The van der Waals surface area contributed by atoms with Crippen molar-refractivity contribution >= 4 is 5.91 Å². The number of nitrogens with one attached hydrogen (secondary N) is 1. The molecule has 1 aliphatic rings. The van der Waals surface area contributed by atoms with E-state index in [-0.39, 0.29) is 6.54 Å². The van der Waals surface area contributed by atoms with Crippen LogP contribution in [0.5, 0.6) is 0 Å². The van der Waals surface area contributed by atoms with Gasteiger partial charge in [-0.3, -0.25) is 4.79 Å². The van der Waals surface area contributed by atoms with Crippen LogP contribution in [0.15, 0.2) is 12.7 Å². The summed E-state index contributed by atoms with van der Waals surface area (Å²) >= 11 is 0. The van der Waals surface area contributed by atoms with Crippen LogP contribution in [0.1, 0.15) is 27.7 Å². The number of hydrogen-bond acceptors (Lipinski definition) is 8. The average molecular weight is 377 g/mol. The minimum atomic E-state index is -1.39. The Labute approximate surface area is 153 Å². The molecule has 0 bridgehead atoms. The van der Waals surface area contributed by atoms with E-state index in [0.29, 0.717) is 0 Å². The van der Waals surface area contributed by atoms with Crippen LogP contribution in [0.4, 0.5) is 0 Å². The first kappa shape index (κ1) is 23.0. The van der Waals surface area contributed by atoms with Gasteiger partial charge in [-0.15, -0.1) is 0 Å². The number of carbonyl (C=O) groups is 1. The molecule has 0 aromatic rings. The number of aliphatic hydroxyl groups is 3. The van der Waals surface area contributed by atoms with Gasteiger partial charge < -0.3 is 39.6 Å². The lowest BCUT2D eigenvalue weighted by Gasteiger charge is -2.45. The molecule has 1 amide bonds. The molecule has 7 unspecified atom stereocenters. The summed E-state index contributed by atoms with van der Waals surface area (Å²) in [7, 11) is 1.34. The fourth-order valence-corrected chi connectivity index (χ4v) is 2.48. The van der Waals surface area contributed by atoms with E-state index in [1.807, 2.05) is 0 Å². The van der Waals surface area contributed by atoms with E-state index in [2.05, 4.69) is 11.9 Å². The first-order chi connectivity index (χ1) is 12.0. The predicted octanol–water partition coefficient (Wildman–Crippen LogP) is -0.711. The van der Waals surface area contributed by atoms with Gasteiger partial charge in [0.2, 0.25) is 5.91 Å². The summed E-state index contributed by atoms with van der Waals surface area (Å²) in [4.78, 5) is 11.5. The highest BCUT2D eigenvalue weighted by Gasteiger charge is 2.48. The molecule has 0 aliphatic carbocycles. The fraction of sp³-hybridized carbons (Fsp3) is 0.824. The van der Waals surface area contributed by atoms with Gasteiger partial charge in [-0.05, 0) is 33.8 Å². The Balaban J connectivity index is 2.98. The molecule has 1 heterocycles. The van der Waals surface area contributed by atoms with Gasteiger partial charge in [0.05, 0.1) is 5.60 Å². The highest BCUT2D eigenvalue weighted by Crippen LogP contribution is 2.28. The molecule has 1 fully saturated rings. The number of methoxy groups -OCH3 is 1. The number of amides is 1. The highest BCUT2D eigenvalue weighted by atomic mass is 16.7. The Morgan fingerprint density at radius 1 is 1.35 bits per heavy atom. The van der Waals surface area contributed by atoms with Crippen LogP contribution in [0.25, 0.3) is 0 Å². The van der Waals surface area contributed by atoms with Gasteiger partial charge in [0, 0.05) is 13.7 Å². The molecule has 9 heteroatoms. The number of ether oxygens (including phenoxy) is 4. The van der Waals surface area contributed by atoms with Crippen molar-refractivity contribution in [2.45, 2.75) is 76.4 Å². The van der Waals surface area contributed by atoms with Crippen molar-refractivity contribution in [3.05, 3.63) is 12.7 Å². The van der Waals surface area contributed by atoms with Crippen LogP contribution in [0, 0.1) is 0 Å². The van der Waals surface area contributed by atoms with E-state index in [9.17, 15) is 20.1 Å². The standard InChI is InChI=1S/C17H31NO8/c1-7-11(20)18-8-10-14(25-15(23-6)9(2)19)12(21)13(22)16(24-10)26-17(3,4)5/h7,9-10,12-16,19,21-22H,1,8H2,2-6H3,(H,18,20). The van der Waals surface area contributed by atoms with Crippen molar-refractivity contribution in [1.82, 2.24) is 5.32 Å². The molecule has 4 N–H and O–H groups in total. The molecule has 9 nitrogen and oxygen atoms in total. The van der Waals surface area contributed by atoms with E-state index in [1.165, 1.54) is 14.0 Å². The molecule has 0 saturated carbocycles. The molecular weight excluding hydrogens is 346 g/mol. The van der Waals surface area contributed by atoms with Gasteiger partial charge in [0.1, 0.15) is 30.5 Å². The number of carbonyl (C=O) groups excluding carboxylic acids is 1. The highest BCUT2D eigenvalue weighted by molar-refractivity contribution is 5.86. The van der Waals surface area contributed by atoms with Gasteiger partial charge in [0.15, 0.2) is 12.6 Å². The zero-order valence-corrected chi connectivity index (χ0v) is 15.9. The summed E-state index contributed by atoms with van der Waals surface area (Å²) in [5.74, 6) is -0.430. The molecule has 0 spiro atoms. The summed E-state index contributed by atoms with van der Waals surface area (Å²) in [5, 5.41) is 33.1. The summed E-state index contributed by atoms with van der Waals surface area (Å²) in [5.41, 5.74) is -0.636. The second-order valence-electron chi connectivity index (χ2n) is 7.15. The van der Waals surface area contributed by atoms with Crippen LogP contribution in [-0.4, -0.2) is 83.6 Å². The van der Waals surface area contributed by atoms with Crippen LogP contribution < -0.4 is 5.32 Å². The van der Waals surface area contributed by atoms with Crippen molar-refractivity contribution in [2.75, 3.05) is 13.7 Å². The lowest BCUT2D eigenvalue weighted by atomic mass is 9.98. The molecule has 0 aromatic carbocycles. The predicted molar refractivity (Wildman–Crippen MR) is 92.1 cm³/mol. The molecule has 152 valence electrons. The van der Waals surface area contributed by atoms with E-state index in [4.69, 9.17) is 18.9 Å². The first-order valence-corrected chi connectivity index (χ1v) is 8.46. The van der Waals surface area contributed by atoms with Crippen molar-refractivity contribution in [3.63, 3.8) is 0 Å². The molecule has 7 atom stereocenters. The molecule has 1 aliphatic heterocycles. The summed E-state index contributed by atoms with van der Waals surface area (Å²) in [6, 6.07) is 0. The Morgan fingerprint density at radius 2 is 1.96 bits per heavy atom. The Hall–Kier alpha value is -1.07. The van der Waals surface area contributed by atoms with E-state index in [1.54, 1.807) is 20.8 Å². The summed E-state index contributed by atoms with van der Waals surface area (Å²) < 4.78 is 22.0. The van der Waals surface area contributed by atoms with Crippen LogP contribution in [-0.2, 0) is 23.7 Å². The van der Waals surface area contributed by atoms with Crippen molar-refractivity contribution < 1.29 is 39.1 Å². The summed E-state index contributed by atoms with van der Waals surface area (Å²) in [6.07, 6.45) is -6.78. The minimum Gasteiger partial charge on any atom is -0.388 e.